The zero-order chi connectivity index (χ0) is 15.3. The predicted molar refractivity (Wildman–Crippen MR) is 84.9 cm³/mol. The van der Waals surface area contributed by atoms with E-state index in [1.54, 1.807) is 7.11 Å². The topological polar surface area (TPSA) is 49.4 Å². The molecule has 0 fully saturated rings. The minimum Gasteiger partial charge on any atom is -0.549 e. The third-order valence-corrected chi connectivity index (χ3v) is 5.07. The molecule has 0 heterocycles. The highest BCUT2D eigenvalue weighted by Gasteiger charge is 2.26. The zero-order valence-electron chi connectivity index (χ0n) is 13.2. The number of methoxy groups -OCH3 is 1. The molecule has 0 aliphatic rings. The van der Waals surface area contributed by atoms with Crippen molar-refractivity contribution in [3.8, 4) is 0 Å². The van der Waals surface area contributed by atoms with Crippen LogP contribution in [0.1, 0.15) is 58.3 Å². The minimum atomic E-state index is -0.949. The Labute approximate surface area is 128 Å². The molecule has 0 saturated heterocycles. The number of carbonyl (C=O) groups is 1. The van der Waals surface area contributed by atoms with E-state index in [0.29, 0.717) is 12.8 Å². The Hall–Kier alpha value is -0.480. The number of thioether (sulfide) groups is 1. The van der Waals surface area contributed by atoms with Crippen molar-refractivity contribution < 1.29 is 14.6 Å². The molecule has 0 spiro atoms. The van der Waals surface area contributed by atoms with Crippen LogP contribution >= 0.6 is 11.8 Å². The number of ether oxygens (including phenoxy) is 1. The van der Waals surface area contributed by atoms with Gasteiger partial charge in [-0.05, 0) is 38.4 Å². The van der Waals surface area contributed by atoms with E-state index in [0.717, 1.165) is 19.4 Å². The smallest absolute Gasteiger partial charge is 0.0582 e. The molecule has 3 nitrogen and oxygen atoms in total. The van der Waals surface area contributed by atoms with Crippen LogP contribution in [0.5, 0.6) is 0 Å². The second kappa shape index (κ2) is 12.3. The Morgan fingerprint density at radius 1 is 1.20 bits per heavy atom. The Balaban J connectivity index is 3.72. The predicted octanol–water partition coefficient (Wildman–Crippen LogP) is 3.18. The fourth-order valence-electron chi connectivity index (χ4n) is 2.11. The summed E-state index contributed by atoms with van der Waals surface area (Å²) in [5, 5.41) is 11.2. The fourth-order valence-corrected chi connectivity index (χ4v) is 2.83. The van der Waals surface area contributed by atoms with E-state index in [1.807, 2.05) is 19.3 Å². The van der Waals surface area contributed by atoms with E-state index >= 15 is 0 Å². The Morgan fingerprint density at radius 3 is 2.40 bits per heavy atom. The first-order valence-electron chi connectivity index (χ1n) is 7.53. The van der Waals surface area contributed by atoms with Gasteiger partial charge in [0.25, 0.3) is 0 Å². The Kier molecular flexibility index (Phi) is 12.0. The summed E-state index contributed by atoms with van der Waals surface area (Å²) in [7, 11) is 1.74. The second-order valence-corrected chi connectivity index (χ2v) is 6.25. The number of unbranched alkanes of at least 4 members (excludes halogenated alkanes) is 5. The average Bonchev–Trinajstić information content (AvgIpc) is 2.45. The van der Waals surface area contributed by atoms with Crippen LogP contribution in [0.3, 0.4) is 0 Å². The monoisotopic (exact) mass is 301 g/mol. The molecular weight excluding hydrogens is 272 g/mol. The molecule has 0 N–H and O–H groups in total. The molecular formula is C16H29O3S-. The quantitative estimate of drug-likeness (QED) is 0.387. The molecule has 0 rings (SSSR count). The van der Waals surface area contributed by atoms with E-state index in [1.165, 1.54) is 37.4 Å². The van der Waals surface area contributed by atoms with Crippen molar-refractivity contribution >= 4 is 17.7 Å². The van der Waals surface area contributed by atoms with Gasteiger partial charge in [0, 0.05) is 13.7 Å². The molecule has 4 heteroatoms. The van der Waals surface area contributed by atoms with Gasteiger partial charge in [-0.15, -0.1) is 0 Å². The van der Waals surface area contributed by atoms with Crippen LogP contribution in [-0.4, -0.2) is 30.7 Å². The van der Waals surface area contributed by atoms with Gasteiger partial charge >= 0.3 is 0 Å². The molecule has 0 amide bonds. The average molecular weight is 301 g/mol. The summed E-state index contributed by atoms with van der Waals surface area (Å²) in [6.07, 6.45) is 14.2. The number of aliphatic carboxylic acids is 1. The fraction of sp³-hybridized carbons (Fsp3) is 0.812. The molecule has 1 unspecified atom stereocenters. The van der Waals surface area contributed by atoms with Crippen LogP contribution in [0, 0.1) is 0 Å². The van der Waals surface area contributed by atoms with E-state index in [9.17, 15) is 9.90 Å². The first kappa shape index (κ1) is 19.5. The lowest BCUT2D eigenvalue weighted by Crippen LogP contribution is -2.44. The highest BCUT2D eigenvalue weighted by atomic mass is 32.2. The number of carboxylic acids is 1. The normalized spacial score (nSPS) is 14.6. The summed E-state index contributed by atoms with van der Waals surface area (Å²) in [5.74, 6) is -0.949. The lowest BCUT2D eigenvalue weighted by Gasteiger charge is -2.30. The molecule has 1 atom stereocenters. The third kappa shape index (κ3) is 7.95. The van der Waals surface area contributed by atoms with Crippen LogP contribution in [0.4, 0.5) is 0 Å². The summed E-state index contributed by atoms with van der Waals surface area (Å²) in [6.45, 7) is 2.76. The first-order chi connectivity index (χ1) is 9.63. The summed E-state index contributed by atoms with van der Waals surface area (Å²) in [6, 6.07) is 0. The molecule has 20 heavy (non-hydrogen) atoms. The van der Waals surface area contributed by atoms with Gasteiger partial charge in [-0.3, -0.25) is 0 Å². The molecule has 0 saturated carbocycles. The van der Waals surface area contributed by atoms with Gasteiger partial charge in [-0.2, -0.15) is 11.8 Å². The molecule has 118 valence electrons. The number of hydrogen-bond acceptors (Lipinski definition) is 4. The maximum Gasteiger partial charge on any atom is 0.0582 e. The van der Waals surface area contributed by atoms with Gasteiger partial charge in [0.05, 0.1) is 10.7 Å². The number of hydrogen-bond donors (Lipinski definition) is 0. The molecule has 0 aromatic rings. The highest BCUT2D eigenvalue weighted by Crippen LogP contribution is 2.30. The van der Waals surface area contributed by atoms with Crippen molar-refractivity contribution in [2.75, 3.05) is 20.0 Å². The van der Waals surface area contributed by atoms with Crippen LogP contribution in [0.15, 0.2) is 12.2 Å². The van der Waals surface area contributed by atoms with Gasteiger partial charge in [0.15, 0.2) is 0 Å². The van der Waals surface area contributed by atoms with Crippen LogP contribution < -0.4 is 5.11 Å². The van der Waals surface area contributed by atoms with Gasteiger partial charge < -0.3 is 14.6 Å². The lowest BCUT2D eigenvalue weighted by molar-refractivity contribution is -0.309. The molecule has 0 radical (unpaired) electrons. The summed E-state index contributed by atoms with van der Waals surface area (Å²) >= 11 is 1.38. The minimum absolute atomic E-state index is 0.556. The summed E-state index contributed by atoms with van der Waals surface area (Å²) < 4.78 is 4.25. The zero-order valence-corrected chi connectivity index (χ0v) is 14.0. The maximum absolute atomic E-state index is 11.2. The van der Waals surface area contributed by atoms with Gasteiger partial charge in [0.2, 0.25) is 0 Å². The maximum atomic E-state index is 11.2. The standard InChI is InChI=1S/C16H30O3S/c1-4-16(20-3,15(17)18)13-11-9-7-5-6-8-10-12-14-19-2/h9,11H,4-8,10,12-14H2,1-3H3,(H,17,18)/p-1/b11-9+. The van der Waals surface area contributed by atoms with Crippen molar-refractivity contribution in [1.82, 2.24) is 0 Å². The first-order valence-corrected chi connectivity index (χ1v) is 8.76. The summed E-state index contributed by atoms with van der Waals surface area (Å²) in [5.41, 5.74) is 0. The molecule has 0 aliphatic carbocycles. The molecule has 0 aromatic heterocycles. The van der Waals surface area contributed by atoms with Crippen molar-refractivity contribution in [3.63, 3.8) is 0 Å². The van der Waals surface area contributed by atoms with Gasteiger partial charge in [-0.25, -0.2) is 0 Å². The van der Waals surface area contributed by atoms with Crippen molar-refractivity contribution in [2.45, 2.75) is 63.0 Å². The number of carbonyl (C=O) groups excluding carboxylic acids is 1. The van der Waals surface area contributed by atoms with Gasteiger partial charge in [0.1, 0.15) is 0 Å². The number of rotatable bonds is 13. The van der Waals surface area contributed by atoms with E-state index in [4.69, 9.17) is 4.74 Å². The van der Waals surface area contributed by atoms with Crippen molar-refractivity contribution in [2.24, 2.45) is 0 Å². The Morgan fingerprint density at radius 2 is 1.85 bits per heavy atom. The molecule has 0 aromatic carbocycles. The van der Waals surface area contributed by atoms with E-state index in [2.05, 4.69) is 6.08 Å². The highest BCUT2D eigenvalue weighted by molar-refractivity contribution is 8.00. The van der Waals surface area contributed by atoms with E-state index in [-0.39, 0.29) is 0 Å². The molecule has 0 bridgehead atoms. The SMILES string of the molecule is CCC(C/C=C/CCCCCCCOC)(SC)C(=O)[O-]. The summed E-state index contributed by atoms with van der Waals surface area (Å²) in [4.78, 5) is 11.2. The number of allylic oxidation sites excluding steroid dienone is 2. The van der Waals surface area contributed by atoms with Crippen LogP contribution in [0.25, 0.3) is 0 Å². The van der Waals surface area contributed by atoms with Crippen molar-refractivity contribution in [1.29, 1.82) is 0 Å². The Bertz CT molecular complexity index is 273. The third-order valence-electron chi connectivity index (χ3n) is 3.67. The van der Waals surface area contributed by atoms with Crippen LogP contribution in [0.2, 0.25) is 0 Å². The number of carboxylic acid groups (broad SMARTS) is 1. The van der Waals surface area contributed by atoms with Crippen LogP contribution in [-0.2, 0) is 9.53 Å². The van der Waals surface area contributed by atoms with Gasteiger partial charge in [-0.1, -0.05) is 38.3 Å². The molecule has 0 aliphatic heterocycles. The van der Waals surface area contributed by atoms with Crippen molar-refractivity contribution in [3.05, 3.63) is 12.2 Å². The van der Waals surface area contributed by atoms with E-state index < -0.39 is 10.7 Å². The second-order valence-electron chi connectivity index (χ2n) is 5.06. The largest absolute Gasteiger partial charge is 0.549 e. The lowest BCUT2D eigenvalue weighted by atomic mass is 10.0.